The van der Waals surface area contributed by atoms with Crippen molar-refractivity contribution in [2.45, 2.75) is 33.1 Å². The second-order valence-electron chi connectivity index (χ2n) is 8.05. The van der Waals surface area contributed by atoms with E-state index in [1.54, 1.807) is 24.1 Å². The summed E-state index contributed by atoms with van der Waals surface area (Å²) in [6, 6.07) is 7.26. The predicted octanol–water partition coefficient (Wildman–Crippen LogP) is 2.73. The number of hydrogen-bond donors (Lipinski definition) is 1. The fourth-order valence-electron chi connectivity index (χ4n) is 4.15. The zero-order chi connectivity index (χ0) is 22.8. The highest BCUT2D eigenvalue weighted by molar-refractivity contribution is 6.02. The molecule has 0 radical (unpaired) electrons. The van der Waals surface area contributed by atoms with Crippen LogP contribution in [-0.2, 0) is 11.2 Å². The van der Waals surface area contributed by atoms with Crippen LogP contribution in [0.2, 0.25) is 0 Å². The van der Waals surface area contributed by atoms with Gasteiger partial charge in [-0.25, -0.2) is 4.68 Å². The van der Waals surface area contributed by atoms with Gasteiger partial charge in [-0.1, -0.05) is 5.16 Å². The van der Waals surface area contributed by atoms with Crippen molar-refractivity contribution in [2.24, 2.45) is 5.92 Å². The maximum Gasteiger partial charge on any atom is 0.222 e. The van der Waals surface area contributed by atoms with Crippen LogP contribution in [-0.4, -0.2) is 51.7 Å². The first-order valence-corrected chi connectivity index (χ1v) is 10.6. The number of benzene rings is 1. The standard InChI is InChI=1S/C23H27N5O4/c1-14-19(15(2)32-26-14)8-9-21(29)27-11-10-16(13-27)22(30)20-12-25-28(23(20)24)17-4-6-18(31-3)7-5-17/h4-7,12,16H,8-11,13,24H2,1-3H3/t16-/m0/s1. The van der Waals surface area contributed by atoms with Crippen molar-refractivity contribution in [3.05, 3.63) is 53.0 Å². The first-order valence-electron chi connectivity index (χ1n) is 10.6. The van der Waals surface area contributed by atoms with Crippen LogP contribution in [0.1, 0.15) is 40.2 Å². The number of anilines is 1. The number of ketones is 1. The number of carbonyl (C=O) groups is 2. The van der Waals surface area contributed by atoms with Gasteiger partial charge in [0.15, 0.2) is 5.78 Å². The maximum absolute atomic E-state index is 13.1. The average molecular weight is 438 g/mol. The Morgan fingerprint density at radius 3 is 2.66 bits per heavy atom. The van der Waals surface area contributed by atoms with Crippen LogP contribution >= 0.6 is 0 Å². The van der Waals surface area contributed by atoms with Gasteiger partial charge in [0.2, 0.25) is 5.91 Å². The number of aromatic nitrogens is 3. The number of amides is 1. The Morgan fingerprint density at radius 2 is 2.00 bits per heavy atom. The van der Waals surface area contributed by atoms with Crippen molar-refractivity contribution < 1.29 is 18.8 Å². The molecule has 1 saturated heterocycles. The Morgan fingerprint density at radius 1 is 1.25 bits per heavy atom. The van der Waals surface area contributed by atoms with Crippen LogP contribution in [0.3, 0.4) is 0 Å². The summed E-state index contributed by atoms with van der Waals surface area (Å²) in [7, 11) is 1.60. The fourth-order valence-corrected chi connectivity index (χ4v) is 4.15. The van der Waals surface area contributed by atoms with Crippen molar-refractivity contribution >= 4 is 17.5 Å². The Labute approximate surface area is 186 Å². The molecule has 9 nitrogen and oxygen atoms in total. The molecule has 1 aliphatic rings. The molecule has 0 aliphatic carbocycles. The van der Waals surface area contributed by atoms with Crippen LogP contribution in [0.25, 0.3) is 5.69 Å². The number of hydrogen-bond acceptors (Lipinski definition) is 7. The number of methoxy groups -OCH3 is 1. The van der Waals surface area contributed by atoms with Gasteiger partial charge in [0.25, 0.3) is 0 Å². The van der Waals surface area contributed by atoms with E-state index in [0.717, 1.165) is 28.5 Å². The predicted molar refractivity (Wildman–Crippen MR) is 118 cm³/mol. The number of aryl methyl sites for hydroxylation is 2. The van der Waals surface area contributed by atoms with Gasteiger partial charge < -0.3 is 19.9 Å². The van der Waals surface area contributed by atoms with Crippen molar-refractivity contribution in [2.75, 3.05) is 25.9 Å². The molecule has 2 aromatic heterocycles. The summed E-state index contributed by atoms with van der Waals surface area (Å²) in [5.41, 5.74) is 9.17. The van der Waals surface area contributed by atoms with Gasteiger partial charge in [-0.15, -0.1) is 0 Å². The van der Waals surface area contributed by atoms with Crippen LogP contribution in [0, 0.1) is 19.8 Å². The van der Waals surface area contributed by atoms with Gasteiger partial charge in [-0.2, -0.15) is 5.10 Å². The molecule has 0 unspecified atom stereocenters. The molecular weight excluding hydrogens is 410 g/mol. The molecule has 1 amide bonds. The first kappa shape index (κ1) is 21.6. The van der Waals surface area contributed by atoms with Gasteiger partial charge in [0.05, 0.1) is 30.3 Å². The van der Waals surface area contributed by atoms with Crippen LogP contribution in [0.5, 0.6) is 5.75 Å². The van der Waals surface area contributed by atoms with Crippen molar-refractivity contribution in [3.63, 3.8) is 0 Å². The Kier molecular flexibility index (Phi) is 5.98. The van der Waals surface area contributed by atoms with Gasteiger partial charge in [0, 0.05) is 31.0 Å². The van der Waals surface area contributed by atoms with Gasteiger partial charge in [0.1, 0.15) is 17.3 Å². The number of nitrogen functional groups attached to an aromatic ring is 1. The minimum Gasteiger partial charge on any atom is -0.497 e. The second kappa shape index (κ2) is 8.86. The highest BCUT2D eigenvalue weighted by Crippen LogP contribution is 2.26. The largest absolute Gasteiger partial charge is 0.497 e. The van der Waals surface area contributed by atoms with Crippen molar-refractivity contribution in [3.8, 4) is 11.4 Å². The van der Waals surface area contributed by atoms with E-state index in [2.05, 4.69) is 10.3 Å². The Balaban J connectivity index is 1.39. The Bertz CT molecular complexity index is 1110. The van der Waals surface area contributed by atoms with Gasteiger partial charge in [-0.3, -0.25) is 9.59 Å². The van der Waals surface area contributed by atoms with Gasteiger partial charge in [-0.05, 0) is 51.0 Å². The number of carbonyl (C=O) groups excluding carboxylic acids is 2. The topological polar surface area (TPSA) is 116 Å². The number of rotatable bonds is 7. The summed E-state index contributed by atoms with van der Waals surface area (Å²) in [5.74, 6) is 1.43. The zero-order valence-corrected chi connectivity index (χ0v) is 18.5. The fraction of sp³-hybridized carbons (Fsp3) is 0.391. The summed E-state index contributed by atoms with van der Waals surface area (Å²) in [5, 5.41) is 8.23. The summed E-state index contributed by atoms with van der Waals surface area (Å²) >= 11 is 0. The third-order valence-electron chi connectivity index (χ3n) is 6.07. The van der Waals surface area contributed by atoms with E-state index < -0.39 is 0 Å². The van der Waals surface area contributed by atoms with E-state index in [1.165, 1.54) is 10.9 Å². The highest BCUT2D eigenvalue weighted by atomic mass is 16.5. The highest BCUT2D eigenvalue weighted by Gasteiger charge is 2.33. The summed E-state index contributed by atoms with van der Waals surface area (Å²) in [6.07, 6.45) is 3.06. The van der Waals surface area contributed by atoms with E-state index in [1.807, 2.05) is 26.0 Å². The quantitative estimate of drug-likeness (QED) is 0.565. The SMILES string of the molecule is COc1ccc(-n2ncc(C(=O)[C@H]3CCN(C(=O)CCc4c(C)noc4C)C3)c2N)cc1. The van der Waals surface area contributed by atoms with Crippen molar-refractivity contribution in [1.29, 1.82) is 0 Å². The monoisotopic (exact) mass is 437 g/mol. The lowest BCUT2D eigenvalue weighted by Gasteiger charge is -2.16. The first-order chi connectivity index (χ1) is 15.4. The average Bonchev–Trinajstić information content (AvgIpc) is 3.51. The Hall–Kier alpha value is -3.62. The van der Waals surface area contributed by atoms with E-state index in [4.69, 9.17) is 15.0 Å². The second-order valence-corrected chi connectivity index (χ2v) is 8.05. The van der Waals surface area contributed by atoms with Crippen LogP contribution in [0.15, 0.2) is 35.0 Å². The number of nitrogens with zero attached hydrogens (tertiary/aromatic N) is 4. The minimum absolute atomic E-state index is 0.0298. The third-order valence-corrected chi connectivity index (χ3v) is 6.07. The smallest absolute Gasteiger partial charge is 0.222 e. The maximum atomic E-state index is 13.1. The van der Waals surface area contributed by atoms with Crippen LogP contribution in [0.4, 0.5) is 5.82 Å². The molecule has 3 heterocycles. The molecule has 32 heavy (non-hydrogen) atoms. The lowest BCUT2D eigenvalue weighted by molar-refractivity contribution is -0.130. The van der Waals surface area contributed by atoms with E-state index >= 15 is 0 Å². The molecule has 0 bridgehead atoms. The van der Waals surface area contributed by atoms with Crippen LogP contribution < -0.4 is 10.5 Å². The molecular formula is C23H27N5O4. The number of Topliss-reactive ketones (excluding diaryl/α,β-unsaturated/α-hetero) is 1. The molecule has 3 aromatic rings. The molecule has 168 valence electrons. The molecule has 1 aliphatic heterocycles. The number of likely N-dealkylation sites (tertiary alicyclic amines) is 1. The molecule has 0 spiro atoms. The normalized spacial score (nSPS) is 15.8. The van der Waals surface area contributed by atoms with Gasteiger partial charge >= 0.3 is 0 Å². The van der Waals surface area contributed by atoms with E-state index in [-0.39, 0.29) is 17.6 Å². The minimum atomic E-state index is -0.283. The lowest BCUT2D eigenvalue weighted by Crippen LogP contribution is -2.30. The third kappa shape index (κ3) is 4.10. The summed E-state index contributed by atoms with van der Waals surface area (Å²) in [6.45, 7) is 4.67. The molecule has 9 heteroatoms. The van der Waals surface area contributed by atoms with Crippen molar-refractivity contribution in [1.82, 2.24) is 19.8 Å². The molecule has 1 aromatic carbocycles. The molecule has 4 rings (SSSR count). The van der Waals surface area contributed by atoms with E-state index in [9.17, 15) is 9.59 Å². The summed E-state index contributed by atoms with van der Waals surface area (Å²) < 4.78 is 11.9. The summed E-state index contributed by atoms with van der Waals surface area (Å²) in [4.78, 5) is 27.5. The van der Waals surface area contributed by atoms with E-state index in [0.29, 0.717) is 43.7 Å². The molecule has 2 N–H and O–H groups in total. The molecule has 0 saturated carbocycles. The zero-order valence-electron chi connectivity index (χ0n) is 18.5. The molecule has 1 fully saturated rings. The number of nitrogens with two attached hydrogens (primary N) is 1. The lowest BCUT2D eigenvalue weighted by atomic mass is 9.98. The molecule has 1 atom stereocenters. The number of ether oxygens (including phenoxy) is 1.